The van der Waals surface area contributed by atoms with E-state index in [2.05, 4.69) is 29.0 Å². The molecule has 3 saturated heterocycles. The van der Waals surface area contributed by atoms with Crippen molar-refractivity contribution in [3.63, 3.8) is 0 Å². The van der Waals surface area contributed by atoms with Crippen molar-refractivity contribution < 1.29 is 9.53 Å². The van der Waals surface area contributed by atoms with Crippen LogP contribution in [-0.4, -0.2) is 41.7 Å². The van der Waals surface area contributed by atoms with Crippen LogP contribution >= 0.6 is 11.3 Å². The minimum absolute atomic E-state index is 0.0370. The second-order valence-corrected chi connectivity index (χ2v) is 8.45. The molecule has 2 bridgehead atoms. The number of nitrogens with zero attached hydrogens (tertiary/aromatic N) is 2. The summed E-state index contributed by atoms with van der Waals surface area (Å²) in [5, 5.41) is 6.13. The zero-order valence-corrected chi connectivity index (χ0v) is 15.3. The molecule has 0 unspecified atom stereocenters. The van der Waals surface area contributed by atoms with Crippen molar-refractivity contribution in [1.29, 1.82) is 0 Å². The third kappa shape index (κ3) is 3.69. The molecule has 0 aromatic carbocycles. The number of thiazole rings is 1. The number of aromatic nitrogens is 1. The molecule has 23 heavy (non-hydrogen) atoms. The number of rotatable bonds is 4. The molecule has 0 aliphatic carbocycles. The van der Waals surface area contributed by atoms with Crippen molar-refractivity contribution in [3.05, 3.63) is 16.1 Å². The molecule has 0 radical (unpaired) electrons. The van der Waals surface area contributed by atoms with E-state index >= 15 is 0 Å². The molecule has 1 amide bonds. The summed E-state index contributed by atoms with van der Waals surface area (Å²) in [4.78, 5) is 19.4. The van der Waals surface area contributed by atoms with Crippen molar-refractivity contribution in [3.8, 4) is 0 Å². The zero-order valence-electron chi connectivity index (χ0n) is 14.5. The topological polar surface area (TPSA) is 54.5 Å². The van der Waals surface area contributed by atoms with Crippen LogP contribution in [0.3, 0.4) is 0 Å². The van der Waals surface area contributed by atoms with E-state index in [-0.39, 0.29) is 12.2 Å². The number of alkyl carbamates (subject to hydrolysis) is 1. The maximum Gasteiger partial charge on any atom is 0.408 e. The van der Waals surface area contributed by atoms with Gasteiger partial charge in [0.25, 0.3) is 0 Å². The summed E-state index contributed by atoms with van der Waals surface area (Å²) in [5.41, 5.74) is 0.381. The summed E-state index contributed by atoms with van der Waals surface area (Å²) in [6.45, 7) is 11.4. The second kappa shape index (κ2) is 6.40. The number of piperidine rings is 3. The summed E-state index contributed by atoms with van der Waals surface area (Å²) in [5.74, 6) is 0.934. The van der Waals surface area contributed by atoms with E-state index in [1.54, 1.807) is 11.3 Å². The first-order valence-electron chi connectivity index (χ1n) is 8.52. The summed E-state index contributed by atoms with van der Waals surface area (Å²) in [6, 6.07) is 0. The van der Waals surface area contributed by atoms with Gasteiger partial charge in [0, 0.05) is 17.8 Å². The Hall–Kier alpha value is -1.14. The highest BCUT2D eigenvalue weighted by atomic mass is 32.1. The van der Waals surface area contributed by atoms with E-state index in [1.807, 2.05) is 19.2 Å². The number of amides is 1. The standard InChI is InChI=1S/C17H27N3O2S/c1-11(2)15-18-14(10-23-15)17(3,4)19-16(21)22-13-9-20-7-5-12(13)6-8-20/h10-13H,5-9H2,1-4H3,(H,19,21)/t13-/m1/s1. The molecule has 6 heteroatoms. The summed E-state index contributed by atoms with van der Waals surface area (Å²) >= 11 is 1.65. The number of nitrogens with one attached hydrogen (secondary N) is 1. The molecule has 3 aliphatic heterocycles. The quantitative estimate of drug-likeness (QED) is 0.916. The number of carbonyl (C=O) groups is 1. The first kappa shape index (κ1) is 16.7. The molecule has 128 valence electrons. The Balaban J connectivity index is 1.59. The average Bonchev–Trinajstić information content (AvgIpc) is 2.98. The Morgan fingerprint density at radius 1 is 1.43 bits per heavy atom. The molecule has 1 atom stereocenters. The second-order valence-electron chi connectivity index (χ2n) is 7.56. The van der Waals surface area contributed by atoms with Crippen molar-refractivity contribution in [2.24, 2.45) is 5.92 Å². The first-order chi connectivity index (χ1) is 10.8. The smallest absolute Gasteiger partial charge is 0.408 e. The van der Waals surface area contributed by atoms with Gasteiger partial charge in [0.15, 0.2) is 0 Å². The fourth-order valence-corrected chi connectivity index (χ4v) is 4.37. The molecule has 3 aliphatic rings. The number of hydrogen-bond donors (Lipinski definition) is 1. The van der Waals surface area contributed by atoms with Crippen LogP contribution in [0, 0.1) is 5.92 Å². The summed E-state index contributed by atoms with van der Waals surface area (Å²) in [6.07, 6.45) is 2.00. The van der Waals surface area contributed by atoms with Gasteiger partial charge < -0.3 is 10.1 Å². The number of carbonyl (C=O) groups excluding carboxylic acids is 1. The van der Waals surface area contributed by atoms with Gasteiger partial charge in [-0.2, -0.15) is 0 Å². The molecule has 1 N–H and O–H groups in total. The summed E-state index contributed by atoms with van der Waals surface area (Å²) in [7, 11) is 0. The molecule has 4 rings (SSSR count). The third-order valence-electron chi connectivity index (χ3n) is 4.93. The highest BCUT2D eigenvalue weighted by Gasteiger charge is 2.37. The van der Waals surface area contributed by atoms with Crippen LogP contribution < -0.4 is 5.32 Å². The van der Waals surface area contributed by atoms with E-state index < -0.39 is 5.54 Å². The fourth-order valence-electron chi connectivity index (χ4n) is 3.37. The monoisotopic (exact) mass is 337 g/mol. The van der Waals surface area contributed by atoms with E-state index in [0.717, 1.165) is 43.2 Å². The molecule has 1 aromatic heterocycles. The molecule has 4 heterocycles. The van der Waals surface area contributed by atoms with Crippen molar-refractivity contribution in [2.45, 2.75) is 58.1 Å². The van der Waals surface area contributed by atoms with Gasteiger partial charge in [0.1, 0.15) is 6.10 Å². The lowest BCUT2D eigenvalue weighted by Gasteiger charge is -2.44. The van der Waals surface area contributed by atoms with Crippen molar-refractivity contribution >= 4 is 17.4 Å². The summed E-state index contributed by atoms with van der Waals surface area (Å²) < 4.78 is 5.72. The average molecular weight is 337 g/mol. The molecule has 0 spiro atoms. The molecule has 0 saturated carbocycles. The first-order valence-corrected chi connectivity index (χ1v) is 9.40. The molecule has 1 aromatic rings. The number of fused-ring (bicyclic) bond motifs is 3. The lowest BCUT2D eigenvalue weighted by molar-refractivity contribution is -0.0350. The van der Waals surface area contributed by atoms with Crippen LogP contribution in [0.1, 0.15) is 57.2 Å². The highest BCUT2D eigenvalue weighted by Crippen LogP contribution is 2.30. The van der Waals surface area contributed by atoms with Crippen LogP contribution in [0.5, 0.6) is 0 Å². The maximum atomic E-state index is 12.3. The van der Waals surface area contributed by atoms with Crippen LogP contribution in [0.2, 0.25) is 0 Å². The predicted octanol–water partition coefficient (Wildman–Crippen LogP) is 3.32. The van der Waals surface area contributed by atoms with Crippen molar-refractivity contribution in [1.82, 2.24) is 15.2 Å². The van der Waals surface area contributed by atoms with Gasteiger partial charge >= 0.3 is 6.09 Å². The molecule has 5 nitrogen and oxygen atoms in total. The van der Waals surface area contributed by atoms with Gasteiger partial charge in [0.2, 0.25) is 0 Å². The van der Waals surface area contributed by atoms with E-state index in [9.17, 15) is 4.79 Å². The maximum absolute atomic E-state index is 12.3. The Morgan fingerprint density at radius 2 is 2.13 bits per heavy atom. The van der Waals surface area contributed by atoms with Crippen molar-refractivity contribution in [2.75, 3.05) is 19.6 Å². The van der Waals surface area contributed by atoms with E-state index in [1.165, 1.54) is 0 Å². The Bertz CT molecular complexity index is 562. The van der Waals surface area contributed by atoms with Crippen LogP contribution in [-0.2, 0) is 10.3 Å². The van der Waals surface area contributed by atoms with Gasteiger partial charge in [0.05, 0.1) is 16.2 Å². The van der Waals surface area contributed by atoms with Gasteiger partial charge in [-0.05, 0) is 45.7 Å². The SMILES string of the molecule is CC(C)c1nc(C(C)(C)NC(=O)O[C@@H]2CN3CCC2CC3)cs1. The normalized spacial score (nSPS) is 27.3. The van der Waals surface area contributed by atoms with Gasteiger partial charge in [-0.25, -0.2) is 9.78 Å². The van der Waals surface area contributed by atoms with Crippen LogP contribution in [0.15, 0.2) is 5.38 Å². The largest absolute Gasteiger partial charge is 0.445 e. The number of hydrogen-bond acceptors (Lipinski definition) is 5. The van der Waals surface area contributed by atoms with Gasteiger partial charge in [-0.3, -0.25) is 4.90 Å². The van der Waals surface area contributed by atoms with Gasteiger partial charge in [-0.1, -0.05) is 13.8 Å². The molecular formula is C17H27N3O2S. The van der Waals surface area contributed by atoms with E-state index in [0.29, 0.717) is 11.8 Å². The molecule has 3 fully saturated rings. The zero-order chi connectivity index (χ0) is 16.6. The van der Waals surface area contributed by atoms with Crippen LogP contribution in [0.4, 0.5) is 4.79 Å². The van der Waals surface area contributed by atoms with Gasteiger partial charge in [-0.15, -0.1) is 11.3 Å². The Morgan fingerprint density at radius 3 is 2.65 bits per heavy atom. The predicted molar refractivity (Wildman–Crippen MR) is 91.8 cm³/mol. The Kier molecular flexibility index (Phi) is 4.65. The highest BCUT2D eigenvalue weighted by molar-refractivity contribution is 7.09. The Labute approximate surface area is 142 Å². The number of ether oxygens (including phenoxy) is 1. The fraction of sp³-hybridized carbons (Fsp3) is 0.765. The minimum atomic E-state index is -0.519. The molecular weight excluding hydrogens is 310 g/mol. The minimum Gasteiger partial charge on any atom is -0.445 e. The lowest BCUT2D eigenvalue weighted by atomic mass is 9.86. The third-order valence-corrected chi connectivity index (χ3v) is 6.07. The van der Waals surface area contributed by atoms with E-state index in [4.69, 9.17) is 4.74 Å². The lowest BCUT2D eigenvalue weighted by Crippen LogP contribution is -2.53. The van der Waals surface area contributed by atoms with Crippen LogP contribution in [0.25, 0.3) is 0 Å².